The summed E-state index contributed by atoms with van der Waals surface area (Å²) in [6.45, 7) is 4.39. The van der Waals surface area contributed by atoms with Gasteiger partial charge in [0.25, 0.3) is 5.69 Å². The number of unbranched alkanes of at least 4 members (excludes halogenated alkanes) is 4. The minimum absolute atomic E-state index is 0. The maximum atomic E-state index is 9.83. The van der Waals surface area contributed by atoms with E-state index in [1.54, 1.807) is 0 Å². The zero-order chi connectivity index (χ0) is 15.7. The van der Waals surface area contributed by atoms with Gasteiger partial charge in [-0.1, -0.05) is 70.0 Å². The van der Waals surface area contributed by atoms with Crippen molar-refractivity contribution >= 4 is 53.7 Å². The van der Waals surface area contributed by atoms with Crippen LogP contribution in [0.5, 0.6) is 5.75 Å². The molecule has 22 heavy (non-hydrogen) atoms. The molecule has 2 radical (unpaired) electrons. The summed E-state index contributed by atoms with van der Waals surface area (Å²) in [5.74, 6) is 0.783. The third-order valence-electron chi connectivity index (χ3n) is 3.49. The quantitative estimate of drug-likeness (QED) is 0.225. The fraction of sp³-hybridized carbons (Fsp3) is 0.625. The van der Waals surface area contributed by atoms with E-state index in [1.807, 2.05) is 0 Å². The average Bonchev–Trinajstić information content (AvgIpc) is 2.41. The summed E-state index contributed by atoms with van der Waals surface area (Å²) in [5.41, 5.74) is -0.696. The Bertz CT molecular complexity index is 449. The number of benzene rings is 1. The first-order chi connectivity index (χ1) is 9.98. The molecule has 0 bridgehead atoms. The molecule has 0 saturated carbocycles. The summed E-state index contributed by atoms with van der Waals surface area (Å²) in [6.07, 6.45) is 8.98. The van der Waals surface area contributed by atoms with Crippen molar-refractivity contribution in [1.82, 2.24) is 0 Å². The fourth-order valence-electron chi connectivity index (χ4n) is 2.40. The van der Waals surface area contributed by atoms with Crippen LogP contribution in [0.25, 0.3) is 0 Å². The van der Waals surface area contributed by atoms with Crippen molar-refractivity contribution in [3.8, 4) is 5.75 Å². The van der Waals surface area contributed by atoms with Crippen molar-refractivity contribution in [1.29, 1.82) is 0 Å². The summed E-state index contributed by atoms with van der Waals surface area (Å²) in [5, 5.41) is 0. The molecule has 0 spiro atoms. The van der Waals surface area contributed by atoms with Gasteiger partial charge in [-0.3, -0.25) is 0 Å². The van der Waals surface area contributed by atoms with Crippen LogP contribution < -0.4 is 4.52 Å². The van der Waals surface area contributed by atoms with Gasteiger partial charge in [0.1, 0.15) is 5.75 Å². The molecule has 0 heterocycles. The SMILES string of the molecule is CCCCCc1cccc(CCCCC)c1OP(O)(=S)S.[SnH2]. The Morgan fingerprint density at radius 2 is 1.50 bits per heavy atom. The van der Waals surface area contributed by atoms with Crippen molar-refractivity contribution in [2.75, 3.05) is 0 Å². The summed E-state index contributed by atoms with van der Waals surface area (Å²) >= 11 is 9.00. The van der Waals surface area contributed by atoms with Crippen LogP contribution in [0.1, 0.15) is 63.5 Å². The predicted molar refractivity (Wildman–Crippen MR) is 108 cm³/mol. The van der Waals surface area contributed by atoms with Crippen LogP contribution in [0.3, 0.4) is 0 Å². The van der Waals surface area contributed by atoms with Crippen molar-refractivity contribution in [3.63, 3.8) is 0 Å². The molecule has 1 unspecified atom stereocenters. The third-order valence-corrected chi connectivity index (χ3v) is 4.38. The predicted octanol–water partition coefficient (Wildman–Crippen LogP) is 4.76. The van der Waals surface area contributed by atoms with E-state index in [-0.39, 0.29) is 23.9 Å². The molecular formula is C16H29O2PS2Sn. The van der Waals surface area contributed by atoms with Crippen LogP contribution >= 0.6 is 17.9 Å². The second kappa shape index (κ2) is 12.2. The zero-order valence-electron chi connectivity index (χ0n) is 13.8. The number of aryl methyl sites for hydroxylation is 2. The van der Waals surface area contributed by atoms with E-state index in [4.69, 9.17) is 16.3 Å². The van der Waals surface area contributed by atoms with Gasteiger partial charge < -0.3 is 9.42 Å². The third kappa shape index (κ3) is 9.17. The zero-order valence-corrected chi connectivity index (χ0v) is 20.4. The van der Waals surface area contributed by atoms with Gasteiger partial charge >= 0.3 is 23.9 Å². The monoisotopic (exact) mass is 468 g/mol. The van der Waals surface area contributed by atoms with Gasteiger partial charge in [-0.2, -0.15) is 0 Å². The number of thiol groups is 1. The van der Waals surface area contributed by atoms with Crippen LogP contribution in [0.2, 0.25) is 0 Å². The molecule has 6 heteroatoms. The van der Waals surface area contributed by atoms with E-state index >= 15 is 0 Å². The number of para-hydroxylation sites is 1. The van der Waals surface area contributed by atoms with Crippen LogP contribution in [-0.4, -0.2) is 28.8 Å². The van der Waals surface area contributed by atoms with Crippen LogP contribution in [0.15, 0.2) is 18.2 Å². The molecule has 1 aromatic carbocycles. The first kappa shape index (κ1) is 22.8. The molecule has 2 nitrogen and oxygen atoms in total. The van der Waals surface area contributed by atoms with Gasteiger partial charge in [-0.05, 0) is 48.6 Å². The standard InChI is InChI=1S/C16H27O2PS2.Sn.2H/c1-3-5-7-10-14-12-9-13-15(11-8-6-4-2)16(14)18-19(17,20)21;;;/h9,12-13H,3-8,10-11H2,1-2H3,(H2,17,20,21);;;. The molecule has 0 saturated heterocycles. The van der Waals surface area contributed by atoms with E-state index < -0.39 is 5.69 Å². The van der Waals surface area contributed by atoms with Crippen LogP contribution in [-0.2, 0) is 24.6 Å². The van der Waals surface area contributed by atoms with E-state index in [0.717, 1.165) is 42.6 Å². The number of rotatable bonds is 10. The second-order valence-electron chi connectivity index (χ2n) is 5.40. The van der Waals surface area contributed by atoms with E-state index in [2.05, 4.69) is 44.3 Å². The molecule has 1 atom stereocenters. The number of hydrogen-bond acceptors (Lipinski definition) is 2. The molecule has 0 amide bonds. The molecule has 0 aliphatic heterocycles. The molecule has 0 aliphatic rings. The Morgan fingerprint density at radius 3 is 1.86 bits per heavy atom. The van der Waals surface area contributed by atoms with Crippen molar-refractivity contribution < 1.29 is 9.42 Å². The Kier molecular flexibility index (Phi) is 12.6. The molecule has 1 aromatic rings. The summed E-state index contributed by atoms with van der Waals surface area (Å²) in [6, 6.07) is 6.23. The summed E-state index contributed by atoms with van der Waals surface area (Å²) < 4.78 is 5.67. The van der Waals surface area contributed by atoms with Crippen molar-refractivity contribution in [2.24, 2.45) is 0 Å². The van der Waals surface area contributed by atoms with Gasteiger partial charge in [-0.15, -0.1) is 0 Å². The van der Waals surface area contributed by atoms with E-state index in [0.29, 0.717) is 0 Å². The topological polar surface area (TPSA) is 29.5 Å². The van der Waals surface area contributed by atoms with E-state index in [9.17, 15) is 4.89 Å². The Labute approximate surface area is 162 Å². The van der Waals surface area contributed by atoms with E-state index in [1.165, 1.54) is 25.7 Å². The summed E-state index contributed by atoms with van der Waals surface area (Å²) in [4.78, 5) is 9.83. The first-order valence-electron chi connectivity index (χ1n) is 7.83. The molecular weight excluding hydrogens is 438 g/mol. The Balaban J connectivity index is 0.00000441. The first-order valence-corrected chi connectivity index (χ1v) is 11.7. The normalized spacial score (nSPS) is 13.3. The van der Waals surface area contributed by atoms with Crippen LogP contribution in [0.4, 0.5) is 0 Å². The summed E-state index contributed by atoms with van der Waals surface area (Å²) in [7, 11) is 0. The maximum absolute atomic E-state index is 9.83. The Morgan fingerprint density at radius 1 is 1.05 bits per heavy atom. The minimum atomic E-state index is -2.99. The van der Waals surface area contributed by atoms with Gasteiger partial charge in [0, 0.05) is 0 Å². The average molecular weight is 467 g/mol. The fourth-order valence-corrected chi connectivity index (χ4v) is 3.34. The Hall–Kier alpha value is 0.779. The molecule has 1 N–H and O–H groups in total. The molecule has 126 valence electrons. The molecule has 0 aromatic heterocycles. The number of hydrogen-bond donors (Lipinski definition) is 2. The van der Waals surface area contributed by atoms with Crippen molar-refractivity contribution in [3.05, 3.63) is 29.3 Å². The van der Waals surface area contributed by atoms with Gasteiger partial charge in [0.15, 0.2) is 0 Å². The van der Waals surface area contributed by atoms with Gasteiger partial charge in [0.05, 0.1) is 0 Å². The molecule has 0 fully saturated rings. The molecule has 1 rings (SSSR count). The molecule has 0 aliphatic carbocycles. The van der Waals surface area contributed by atoms with Gasteiger partial charge in [-0.25, -0.2) is 0 Å². The van der Waals surface area contributed by atoms with Crippen molar-refractivity contribution in [2.45, 2.75) is 65.2 Å². The van der Waals surface area contributed by atoms with Gasteiger partial charge in [0.2, 0.25) is 0 Å². The van der Waals surface area contributed by atoms with Crippen LogP contribution in [0, 0.1) is 0 Å². The second-order valence-corrected chi connectivity index (χ2v) is 10.5.